The van der Waals surface area contributed by atoms with Crippen LogP contribution in [0.4, 0.5) is 4.39 Å². The molecule has 0 bridgehead atoms. The van der Waals surface area contributed by atoms with Crippen molar-refractivity contribution in [3.63, 3.8) is 0 Å². The van der Waals surface area contributed by atoms with Crippen LogP contribution < -0.4 is 0 Å². The molecule has 0 radical (unpaired) electrons. The Morgan fingerprint density at radius 1 is 0.750 bits per heavy atom. The van der Waals surface area contributed by atoms with Crippen molar-refractivity contribution in [2.24, 2.45) is 0 Å². The van der Waals surface area contributed by atoms with E-state index in [-0.39, 0.29) is 6.67 Å². The van der Waals surface area contributed by atoms with E-state index in [0.717, 1.165) is 18.1 Å². The van der Waals surface area contributed by atoms with Gasteiger partial charge in [-0.05, 0) is 44.7 Å². The maximum absolute atomic E-state index is 12.3. The minimum absolute atomic E-state index is 0.255. The third-order valence-corrected chi connectivity index (χ3v) is 14.1. The lowest BCUT2D eigenvalue weighted by Crippen LogP contribution is -2.48. The maximum Gasteiger partial charge on any atom is 0.499 e. The summed E-state index contributed by atoms with van der Waals surface area (Å²) in [6.45, 7) is 8.50. The van der Waals surface area contributed by atoms with Gasteiger partial charge in [0.1, 0.15) is 0 Å². The summed E-state index contributed by atoms with van der Waals surface area (Å²) in [6, 6.07) is 2.57. The second-order valence-electron chi connectivity index (χ2n) is 6.21. The Bertz CT molecular complexity index is 265. The quantitative estimate of drug-likeness (QED) is 0.537. The smallest absolute Gasteiger partial charge is 0.456 e. The van der Waals surface area contributed by atoms with Crippen molar-refractivity contribution in [3.8, 4) is 0 Å². The second-order valence-corrected chi connectivity index (χ2v) is 18.2. The third kappa shape index (κ3) is 7.43. The molecule has 4 nitrogen and oxygen atoms in total. The fourth-order valence-corrected chi connectivity index (χ4v) is 14.9. The van der Waals surface area contributed by atoms with Crippen LogP contribution >= 0.6 is 0 Å². The van der Waals surface area contributed by atoms with Crippen LogP contribution in [0.1, 0.15) is 6.42 Å². The summed E-state index contributed by atoms with van der Waals surface area (Å²) in [7, 11) is -1.20. The zero-order chi connectivity index (χ0) is 15.9. The summed E-state index contributed by atoms with van der Waals surface area (Å²) >= 11 is 0. The van der Waals surface area contributed by atoms with Crippen molar-refractivity contribution in [1.29, 1.82) is 0 Å². The molecule has 0 fully saturated rings. The van der Waals surface area contributed by atoms with Crippen LogP contribution in [0.3, 0.4) is 0 Å². The topological polar surface area (TPSA) is 36.9 Å². The van der Waals surface area contributed by atoms with Crippen molar-refractivity contribution < 1.29 is 21.8 Å². The van der Waals surface area contributed by atoms with Gasteiger partial charge in [0.2, 0.25) is 0 Å². The predicted molar refractivity (Wildman–Crippen MR) is 87.8 cm³/mol. The molecule has 0 heterocycles. The normalized spacial score (nSPS) is 13.8. The van der Waals surface area contributed by atoms with Crippen molar-refractivity contribution in [3.05, 3.63) is 0 Å². The van der Waals surface area contributed by atoms with Gasteiger partial charge in [-0.25, -0.2) is 0 Å². The van der Waals surface area contributed by atoms with E-state index in [0.29, 0.717) is 6.42 Å². The molecule has 0 amide bonds. The van der Waals surface area contributed by atoms with Crippen LogP contribution in [-0.4, -0.2) is 53.4 Å². The Kier molecular flexibility index (Phi) is 8.95. The molecule has 122 valence electrons. The van der Waals surface area contributed by atoms with Crippen molar-refractivity contribution in [2.45, 2.75) is 50.7 Å². The van der Waals surface area contributed by atoms with Crippen molar-refractivity contribution >= 4 is 25.4 Å². The van der Waals surface area contributed by atoms with Gasteiger partial charge in [0.25, 0.3) is 0 Å². The zero-order valence-electron chi connectivity index (χ0n) is 14.0. The summed E-state index contributed by atoms with van der Waals surface area (Å²) in [5.41, 5.74) is 0. The lowest BCUT2D eigenvalue weighted by atomic mass is 10.6. The van der Waals surface area contributed by atoms with Crippen LogP contribution in [0.15, 0.2) is 0 Å². The zero-order valence-corrected chi connectivity index (χ0v) is 17.0. The molecular weight excluding hydrogens is 311 g/mol. The third-order valence-electron chi connectivity index (χ3n) is 3.43. The van der Waals surface area contributed by atoms with E-state index >= 15 is 0 Å². The first-order valence-corrected chi connectivity index (χ1v) is 15.2. The molecule has 0 N–H and O–H groups in total. The lowest BCUT2D eigenvalue weighted by molar-refractivity contribution is 0.125. The first kappa shape index (κ1) is 20.4. The number of hydrogen-bond donors (Lipinski definition) is 0. The van der Waals surface area contributed by atoms with Crippen LogP contribution in [0.25, 0.3) is 0 Å². The number of halogens is 1. The molecular formula is C12H31FO4Si3. The maximum atomic E-state index is 12.3. The molecule has 0 aliphatic rings. The molecule has 0 saturated carbocycles. The molecule has 0 aliphatic carbocycles. The Morgan fingerprint density at radius 3 is 1.60 bits per heavy atom. The molecule has 0 spiro atoms. The van der Waals surface area contributed by atoms with Gasteiger partial charge in [-0.15, -0.1) is 0 Å². The monoisotopic (exact) mass is 342 g/mol. The highest BCUT2D eigenvalue weighted by Gasteiger charge is 2.41. The molecule has 8 heteroatoms. The SMILES string of the molecule is CO[Si](CC[Si](C)(C)O[Si](C)(C)CCCF)(OC)OC. The standard InChI is InChI=1S/C12H31FO4Si3/c1-14-20(15-2,16-3)12-11-19(6,7)17-18(4,5)10-8-9-13/h8-12H2,1-7H3. The van der Waals surface area contributed by atoms with E-state index < -0.39 is 25.4 Å². The highest BCUT2D eigenvalue weighted by molar-refractivity contribution is 6.85. The summed E-state index contributed by atoms with van der Waals surface area (Å²) in [4.78, 5) is 0. The Hall–Kier alpha value is 0.421. The predicted octanol–water partition coefficient (Wildman–Crippen LogP) is 3.65. The number of rotatable bonds is 11. The number of alkyl halides is 1. The minimum atomic E-state index is -2.52. The Morgan fingerprint density at radius 2 is 1.20 bits per heavy atom. The van der Waals surface area contributed by atoms with Gasteiger partial charge < -0.3 is 17.4 Å². The molecule has 0 aromatic rings. The highest BCUT2D eigenvalue weighted by atomic mass is 28.4. The van der Waals surface area contributed by atoms with E-state index in [1.807, 2.05) is 0 Å². The molecule has 20 heavy (non-hydrogen) atoms. The van der Waals surface area contributed by atoms with Gasteiger partial charge in [0.15, 0.2) is 16.6 Å². The van der Waals surface area contributed by atoms with Gasteiger partial charge in [-0.2, -0.15) is 0 Å². The van der Waals surface area contributed by atoms with Gasteiger partial charge in [-0.3, -0.25) is 4.39 Å². The average Bonchev–Trinajstić information content (AvgIpc) is 2.37. The molecule has 0 unspecified atom stereocenters. The molecule has 0 aromatic carbocycles. The average molecular weight is 343 g/mol. The molecule has 0 aliphatic heterocycles. The second kappa shape index (κ2) is 8.76. The highest BCUT2D eigenvalue weighted by Crippen LogP contribution is 2.27. The van der Waals surface area contributed by atoms with Crippen molar-refractivity contribution in [2.75, 3.05) is 28.0 Å². The van der Waals surface area contributed by atoms with Crippen LogP contribution in [-0.2, 0) is 17.4 Å². The molecule has 0 atom stereocenters. The summed E-state index contributed by atoms with van der Waals surface area (Å²) in [5, 5.41) is 0. The number of hydrogen-bond acceptors (Lipinski definition) is 4. The summed E-state index contributed by atoms with van der Waals surface area (Å²) < 4.78 is 35.1. The summed E-state index contributed by atoms with van der Waals surface area (Å²) in [5.74, 6) is 0. The summed E-state index contributed by atoms with van der Waals surface area (Å²) in [6.07, 6.45) is 0.608. The van der Waals surface area contributed by atoms with E-state index in [1.165, 1.54) is 0 Å². The fraction of sp³-hybridized carbons (Fsp3) is 1.00. The Balaban J connectivity index is 4.51. The molecule has 0 rings (SSSR count). The van der Waals surface area contributed by atoms with Crippen LogP contribution in [0.2, 0.25) is 44.3 Å². The van der Waals surface area contributed by atoms with Gasteiger partial charge >= 0.3 is 8.80 Å². The van der Waals surface area contributed by atoms with Gasteiger partial charge in [-0.1, -0.05) is 0 Å². The first-order chi connectivity index (χ1) is 9.16. The minimum Gasteiger partial charge on any atom is -0.456 e. The van der Waals surface area contributed by atoms with Crippen LogP contribution in [0, 0.1) is 0 Å². The largest absolute Gasteiger partial charge is 0.499 e. The van der Waals surface area contributed by atoms with E-state index in [1.54, 1.807) is 21.3 Å². The van der Waals surface area contributed by atoms with Gasteiger partial charge in [0.05, 0.1) is 6.67 Å². The van der Waals surface area contributed by atoms with E-state index in [2.05, 4.69) is 26.2 Å². The van der Waals surface area contributed by atoms with Crippen LogP contribution in [0.5, 0.6) is 0 Å². The van der Waals surface area contributed by atoms with Crippen molar-refractivity contribution in [1.82, 2.24) is 0 Å². The van der Waals surface area contributed by atoms with E-state index in [9.17, 15) is 4.39 Å². The molecule has 0 saturated heterocycles. The fourth-order valence-electron chi connectivity index (χ4n) is 2.35. The Labute approximate surface area is 126 Å². The lowest BCUT2D eigenvalue weighted by Gasteiger charge is -2.35. The first-order valence-electron chi connectivity index (χ1n) is 7.07. The molecule has 0 aromatic heterocycles. The van der Waals surface area contributed by atoms with E-state index in [4.69, 9.17) is 17.4 Å². The van der Waals surface area contributed by atoms with Gasteiger partial charge in [0, 0.05) is 27.4 Å².